The van der Waals surface area contributed by atoms with Gasteiger partial charge in [-0.25, -0.2) is 4.57 Å². The third-order valence-corrected chi connectivity index (χ3v) is 3.65. The Morgan fingerprint density at radius 2 is 1.77 bits per heavy atom. The standard InChI is InChI=1S/C17H19ClN2O.BrH/c18-16-9-3-2-8-15(16)14-19-17(21)10-4-7-13-20-11-5-1-6-12-20;/h1-3,5-6,8-9,11-12H,4,7,10,13-14H2;1H. The number of aromatic nitrogens is 1. The van der Waals surface area contributed by atoms with Crippen LogP contribution in [-0.2, 0) is 17.9 Å². The molecule has 2 rings (SSSR count). The normalized spacial score (nSPS) is 9.86. The van der Waals surface area contributed by atoms with Crippen LogP contribution in [0.15, 0.2) is 54.9 Å². The summed E-state index contributed by atoms with van der Waals surface area (Å²) in [6.07, 6.45) is 6.51. The van der Waals surface area contributed by atoms with Crippen LogP contribution in [0.25, 0.3) is 0 Å². The van der Waals surface area contributed by atoms with Crippen LogP contribution < -0.4 is 26.9 Å². The molecule has 5 heteroatoms. The Labute approximate surface area is 147 Å². The molecule has 0 saturated heterocycles. The van der Waals surface area contributed by atoms with Crippen molar-refractivity contribution in [1.29, 1.82) is 0 Å². The minimum absolute atomic E-state index is 0. The molecule has 0 atom stereocenters. The second-order valence-electron chi connectivity index (χ2n) is 4.94. The Hall–Kier alpha value is -1.39. The van der Waals surface area contributed by atoms with Crippen molar-refractivity contribution in [1.82, 2.24) is 5.32 Å². The maximum atomic E-state index is 11.8. The van der Waals surface area contributed by atoms with Crippen LogP contribution in [0.5, 0.6) is 0 Å². The van der Waals surface area contributed by atoms with Crippen molar-refractivity contribution in [3.8, 4) is 0 Å². The first-order valence-electron chi connectivity index (χ1n) is 7.20. The molecule has 0 aliphatic carbocycles. The van der Waals surface area contributed by atoms with E-state index in [1.807, 2.05) is 54.9 Å². The van der Waals surface area contributed by atoms with E-state index in [0.29, 0.717) is 18.0 Å². The fraction of sp³-hybridized carbons (Fsp3) is 0.294. The number of pyridine rings is 1. The molecule has 0 radical (unpaired) electrons. The van der Waals surface area contributed by atoms with Gasteiger partial charge in [-0.3, -0.25) is 4.79 Å². The van der Waals surface area contributed by atoms with Crippen LogP contribution >= 0.6 is 11.6 Å². The Morgan fingerprint density at radius 3 is 2.50 bits per heavy atom. The molecule has 1 aromatic carbocycles. The number of carbonyl (C=O) groups excluding carboxylic acids is 1. The second kappa shape index (κ2) is 10.4. The third kappa shape index (κ3) is 6.58. The lowest BCUT2D eigenvalue weighted by atomic mass is 10.2. The van der Waals surface area contributed by atoms with E-state index in [1.165, 1.54) is 0 Å². The van der Waals surface area contributed by atoms with E-state index in [0.717, 1.165) is 24.9 Å². The summed E-state index contributed by atoms with van der Waals surface area (Å²) in [5.74, 6) is 0.0768. The van der Waals surface area contributed by atoms with Crippen molar-refractivity contribution in [2.45, 2.75) is 32.4 Å². The highest BCUT2D eigenvalue weighted by Gasteiger charge is 2.04. The molecule has 1 heterocycles. The number of hydrogen-bond donors (Lipinski definition) is 1. The molecule has 0 fully saturated rings. The molecule has 1 amide bonds. The molecular formula is C17H20BrClN2O. The van der Waals surface area contributed by atoms with E-state index in [1.54, 1.807) is 0 Å². The Morgan fingerprint density at radius 1 is 1.05 bits per heavy atom. The highest BCUT2D eigenvalue weighted by atomic mass is 79.9. The summed E-state index contributed by atoms with van der Waals surface area (Å²) in [6.45, 7) is 1.44. The number of carbonyl (C=O) groups is 1. The Kier molecular flexibility index (Phi) is 8.78. The van der Waals surface area contributed by atoms with Crippen molar-refractivity contribution < 1.29 is 26.3 Å². The zero-order valence-corrected chi connectivity index (χ0v) is 14.7. The zero-order chi connectivity index (χ0) is 14.9. The smallest absolute Gasteiger partial charge is 0.220 e. The van der Waals surface area contributed by atoms with Crippen molar-refractivity contribution in [3.05, 3.63) is 65.4 Å². The number of amides is 1. The molecule has 0 saturated carbocycles. The predicted molar refractivity (Wildman–Crippen MR) is 83.8 cm³/mol. The van der Waals surface area contributed by atoms with Gasteiger partial charge in [0.1, 0.15) is 6.54 Å². The van der Waals surface area contributed by atoms with Gasteiger partial charge in [0.15, 0.2) is 12.4 Å². The molecular weight excluding hydrogens is 364 g/mol. The van der Waals surface area contributed by atoms with E-state index < -0.39 is 0 Å². The lowest BCUT2D eigenvalue weighted by molar-refractivity contribution is -0.697. The first-order chi connectivity index (χ1) is 10.3. The minimum Gasteiger partial charge on any atom is -1.00 e. The number of hydrogen-bond acceptors (Lipinski definition) is 1. The average molecular weight is 384 g/mol. The van der Waals surface area contributed by atoms with Crippen molar-refractivity contribution in [3.63, 3.8) is 0 Å². The van der Waals surface area contributed by atoms with E-state index in [-0.39, 0.29) is 22.9 Å². The monoisotopic (exact) mass is 382 g/mol. The Bertz CT molecular complexity index is 578. The maximum absolute atomic E-state index is 11.8. The first-order valence-corrected chi connectivity index (χ1v) is 7.58. The zero-order valence-electron chi connectivity index (χ0n) is 12.3. The molecule has 0 aliphatic rings. The molecule has 3 nitrogen and oxygen atoms in total. The number of unbranched alkanes of at least 4 members (excludes halogenated alkanes) is 1. The topological polar surface area (TPSA) is 33.0 Å². The van der Waals surface area contributed by atoms with Gasteiger partial charge in [0, 0.05) is 36.5 Å². The fourth-order valence-corrected chi connectivity index (χ4v) is 2.29. The summed E-state index contributed by atoms with van der Waals surface area (Å²) in [5.41, 5.74) is 0.951. The van der Waals surface area contributed by atoms with Gasteiger partial charge in [0.2, 0.25) is 5.91 Å². The molecule has 22 heavy (non-hydrogen) atoms. The third-order valence-electron chi connectivity index (χ3n) is 3.28. The van der Waals surface area contributed by atoms with Crippen molar-refractivity contribution >= 4 is 17.5 Å². The summed E-state index contributed by atoms with van der Waals surface area (Å²) in [5, 5.41) is 3.60. The summed E-state index contributed by atoms with van der Waals surface area (Å²) in [7, 11) is 0. The fourth-order valence-electron chi connectivity index (χ4n) is 2.09. The van der Waals surface area contributed by atoms with Gasteiger partial charge in [-0.2, -0.15) is 0 Å². The van der Waals surface area contributed by atoms with Crippen LogP contribution in [0.1, 0.15) is 24.8 Å². The summed E-state index contributed by atoms with van der Waals surface area (Å²) < 4.78 is 2.13. The number of halogens is 2. The summed E-state index contributed by atoms with van der Waals surface area (Å²) in [6, 6.07) is 13.6. The minimum atomic E-state index is 0. The van der Waals surface area contributed by atoms with Gasteiger partial charge in [-0.1, -0.05) is 35.9 Å². The quantitative estimate of drug-likeness (QED) is 0.535. The molecule has 1 aromatic heterocycles. The van der Waals surface area contributed by atoms with Crippen LogP contribution in [0, 0.1) is 0 Å². The van der Waals surface area contributed by atoms with E-state index in [4.69, 9.17) is 11.6 Å². The van der Waals surface area contributed by atoms with Crippen molar-refractivity contribution in [2.75, 3.05) is 0 Å². The highest BCUT2D eigenvalue weighted by molar-refractivity contribution is 6.31. The lowest BCUT2D eigenvalue weighted by Gasteiger charge is -2.06. The lowest BCUT2D eigenvalue weighted by Crippen LogP contribution is -3.00. The Balaban J connectivity index is 0.00000242. The number of rotatable bonds is 7. The number of nitrogens with zero attached hydrogens (tertiary/aromatic N) is 1. The maximum Gasteiger partial charge on any atom is 0.220 e. The number of nitrogens with one attached hydrogen (secondary N) is 1. The molecule has 118 valence electrons. The predicted octanol–water partition coefficient (Wildman–Crippen LogP) is 0.118. The van der Waals surface area contributed by atoms with Gasteiger partial charge in [-0.05, 0) is 18.1 Å². The van der Waals surface area contributed by atoms with Gasteiger partial charge in [0.05, 0.1) is 0 Å². The number of benzene rings is 1. The molecule has 0 unspecified atom stereocenters. The largest absolute Gasteiger partial charge is 1.00 e. The van der Waals surface area contributed by atoms with Crippen LogP contribution in [-0.4, -0.2) is 5.91 Å². The van der Waals surface area contributed by atoms with E-state index in [2.05, 4.69) is 9.88 Å². The van der Waals surface area contributed by atoms with E-state index in [9.17, 15) is 4.79 Å². The van der Waals surface area contributed by atoms with Gasteiger partial charge in [0.25, 0.3) is 0 Å². The van der Waals surface area contributed by atoms with Crippen LogP contribution in [0.2, 0.25) is 5.02 Å². The molecule has 1 N–H and O–H groups in total. The van der Waals surface area contributed by atoms with E-state index >= 15 is 0 Å². The van der Waals surface area contributed by atoms with Gasteiger partial charge in [-0.15, -0.1) is 0 Å². The van der Waals surface area contributed by atoms with Gasteiger partial charge >= 0.3 is 0 Å². The van der Waals surface area contributed by atoms with Crippen LogP contribution in [0.4, 0.5) is 0 Å². The second-order valence-corrected chi connectivity index (χ2v) is 5.35. The first kappa shape index (κ1) is 18.7. The number of aryl methyl sites for hydroxylation is 1. The molecule has 2 aromatic rings. The summed E-state index contributed by atoms with van der Waals surface area (Å²) in [4.78, 5) is 11.8. The molecule has 0 bridgehead atoms. The molecule has 0 aliphatic heterocycles. The average Bonchev–Trinajstić information content (AvgIpc) is 2.52. The SMILES string of the molecule is O=C(CCCC[n+]1ccccc1)NCc1ccccc1Cl.[Br-]. The van der Waals surface area contributed by atoms with Crippen molar-refractivity contribution in [2.24, 2.45) is 0 Å². The highest BCUT2D eigenvalue weighted by Crippen LogP contribution is 2.14. The van der Waals surface area contributed by atoms with Crippen LogP contribution in [0.3, 0.4) is 0 Å². The molecule has 0 spiro atoms. The van der Waals surface area contributed by atoms with Gasteiger partial charge < -0.3 is 22.3 Å². The summed E-state index contributed by atoms with van der Waals surface area (Å²) >= 11 is 6.05.